The molecule has 2 saturated heterocycles. The van der Waals surface area contributed by atoms with E-state index in [-0.39, 0.29) is 18.0 Å². The van der Waals surface area contributed by atoms with Crippen molar-refractivity contribution in [2.75, 3.05) is 13.2 Å². The molecule has 8 heteroatoms. The first-order chi connectivity index (χ1) is 14.5. The molecule has 2 aromatic rings. The fourth-order valence-electron chi connectivity index (χ4n) is 3.35. The van der Waals surface area contributed by atoms with Crippen molar-refractivity contribution in [1.29, 1.82) is 0 Å². The number of nitrogens with zero attached hydrogens (tertiary/aromatic N) is 1. The molecule has 1 N–H and O–H groups in total. The second kappa shape index (κ2) is 8.89. The first-order valence-electron chi connectivity index (χ1n) is 9.57. The first kappa shape index (κ1) is 20.4. The number of thiocarbonyl (C=S) groups is 1. The smallest absolute Gasteiger partial charge is 0.410 e. The molecule has 0 bridgehead atoms. The predicted molar refractivity (Wildman–Crippen MR) is 120 cm³/mol. The van der Waals surface area contributed by atoms with Crippen molar-refractivity contribution in [3.05, 3.63) is 64.6 Å². The summed E-state index contributed by atoms with van der Waals surface area (Å²) < 4.78 is 11.5. The second-order valence-corrected chi connectivity index (χ2v) is 8.61. The number of hydrogen-bond acceptors (Lipinski definition) is 6. The van der Waals surface area contributed by atoms with Crippen LogP contribution in [0.15, 0.2) is 53.4 Å². The minimum Gasteiger partial charge on any atom is -0.457 e. The number of amides is 2. The lowest BCUT2D eigenvalue weighted by Crippen LogP contribution is -2.34. The maximum Gasteiger partial charge on any atom is 0.410 e. The highest BCUT2D eigenvalue weighted by Gasteiger charge is 2.31. The summed E-state index contributed by atoms with van der Waals surface area (Å²) >= 11 is 6.26. The van der Waals surface area contributed by atoms with Crippen molar-refractivity contribution < 1.29 is 19.1 Å². The van der Waals surface area contributed by atoms with Crippen molar-refractivity contribution in [2.24, 2.45) is 0 Å². The number of ether oxygens (including phenoxy) is 2. The lowest BCUT2D eigenvalue weighted by molar-refractivity contribution is -0.115. The Morgan fingerprint density at radius 3 is 2.43 bits per heavy atom. The standard InChI is InChI=1S/C22H20N2O4S2/c1-2-24-16(13-27-22(24)26)11-14-3-7-17(8-4-14)28-18-9-5-15(6-10-18)12-19-20(25)23-21(29)30-19/h3-10,12,16H,2,11,13H2,1H3,(H,23,25,29)/b19-12-. The molecule has 2 aliphatic heterocycles. The molecule has 1 unspecified atom stereocenters. The molecule has 2 aliphatic rings. The minimum atomic E-state index is -0.239. The van der Waals surface area contributed by atoms with Gasteiger partial charge in [-0.1, -0.05) is 48.2 Å². The lowest BCUT2D eigenvalue weighted by atomic mass is 10.1. The van der Waals surface area contributed by atoms with Gasteiger partial charge in [0.1, 0.15) is 22.4 Å². The number of benzene rings is 2. The number of cyclic esters (lactones) is 1. The highest BCUT2D eigenvalue weighted by Crippen LogP contribution is 2.28. The van der Waals surface area contributed by atoms with Crippen LogP contribution in [0.3, 0.4) is 0 Å². The van der Waals surface area contributed by atoms with E-state index in [1.165, 1.54) is 11.8 Å². The van der Waals surface area contributed by atoms with Gasteiger partial charge in [-0.25, -0.2) is 4.79 Å². The van der Waals surface area contributed by atoms with Crippen LogP contribution in [0, 0.1) is 0 Å². The highest BCUT2D eigenvalue weighted by atomic mass is 32.2. The van der Waals surface area contributed by atoms with E-state index in [9.17, 15) is 9.59 Å². The van der Waals surface area contributed by atoms with Crippen LogP contribution in [0.2, 0.25) is 0 Å². The van der Waals surface area contributed by atoms with Crippen molar-refractivity contribution in [2.45, 2.75) is 19.4 Å². The molecule has 0 spiro atoms. The number of carbonyl (C=O) groups excluding carboxylic acids is 2. The van der Waals surface area contributed by atoms with Crippen molar-refractivity contribution >= 4 is 46.4 Å². The fourth-order valence-corrected chi connectivity index (χ4v) is 4.40. The molecular formula is C22H20N2O4S2. The van der Waals surface area contributed by atoms with Gasteiger partial charge in [-0.15, -0.1) is 0 Å². The SMILES string of the molecule is CCN1C(=O)OCC1Cc1ccc(Oc2ccc(/C=C3\SC(=S)NC3=O)cc2)cc1. The Balaban J connectivity index is 1.37. The molecule has 30 heavy (non-hydrogen) atoms. The van der Waals surface area contributed by atoms with Crippen LogP contribution < -0.4 is 10.1 Å². The zero-order valence-corrected chi connectivity index (χ0v) is 17.9. The Bertz CT molecular complexity index is 1000. The normalized spacial score (nSPS) is 19.9. The number of rotatable bonds is 6. The zero-order valence-electron chi connectivity index (χ0n) is 16.3. The van der Waals surface area contributed by atoms with Crippen LogP contribution in [0.4, 0.5) is 4.79 Å². The topological polar surface area (TPSA) is 67.9 Å². The van der Waals surface area contributed by atoms with Crippen LogP contribution in [0.5, 0.6) is 11.5 Å². The Morgan fingerprint density at radius 1 is 1.17 bits per heavy atom. The summed E-state index contributed by atoms with van der Waals surface area (Å²) in [7, 11) is 0. The van der Waals surface area contributed by atoms with E-state index in [1.54, 1.807) is 11.0 Å². The molecule has 0 radical (unpaired) electrons. The molecular weight excluding hydrogens is 420 g/mol. The molecule has 2 aromatic carbocycles. The van der Waals surface area contributed by atoms with Crippen LogP contribution in [-0.2, 0) is 16.0 Å². The van der Waals surface area contributed by atoms with E-state index in [1.807, 2.05) is 55.5 Å². The zero-order chi connectivity index (χ0) is 21.1. The van der Waals surface area contributed by atoms with Crippen LogP contribution >= 0.6 is 24.0 Å². The van der Waals surface area contributed by atoms with Gasteiger partial charge in [-0.3, -0.25) is 4.79 Å². The molecule has 0 aliphatic carbocycles. The molecule has 4 rings (SSSR count). The molecule has 1 atom stereocenters. The fraction of sp³-hybridized carbons (Fsp3) is 0.227. The third-order valence-electron chi connectivity index (χ3n) is 4.87. The Hall–Kier alpha value is -2.84. The Kier molecular flexibility index (Phi) is 6.06. The van der Waals surface area contributed by atoms with Gasteiger partial charge in [0.2, 0.25) is 0 Å². The van der Waals surface area contributed by atoms with E-state index in [0.717, 1.165) is 23.3 Å². The average molecular weight is 441 g/mol. The van der Waals surface area contributed by atoms with Gasteiger partial charge in [-0.2, -0.15) is 0 Å². The maximum absolute atomic E-state index is 11.7. The molecule has 6 nitrogen and oxygen atoms in total. The summed E-state index contributed by atoms with van der Waals surface area (Å²) in [5.74, 6) is 1.27. The summed E-state index contributed by atoms with van der Waals surface area (Å²) in [4.78, 5) is 25.7. The molecule has 0 aromatic heterocycles. The van der Waals surface area contributed by atoms with E-state index in [4.69, 9.17) is 21.7 Å². The van der Waals surface area contributed by atoms with Crippen molar-refractivity contribution in [1.82, 2.24) is 10.2 Å². The van der Waals surface area contributed by atoms with Gasteiger partial charge in [-0.05, 0) is 54.8 Å². The van der Waals surface area contributed by atoms with E-state index >= 15 is 0 Å². The molecule has 0 saturated carbocycles. The Morgan fingerprint density at radius 2 is 1.83 bits per heavy atom. The summed E-state index contributed by atoms with van der Waals surface area (Å²) in [5.41, 5.74) is 2.02. The number of carbonyl (C=O) groups is 2. The van der Waals surface area contributed by atoms with Crippen LogP contribution in [0.1, 0.15) is 18.1 Å². The average Bonchev–Trinajstić information content (AvgIpc) is 3.25. The quantitative estimate of drug-likeness (QED) is 0.532. The van der Waals surface area contributed by atoms with E-state index < -0.39 is 0 Å². The summed E-state index contributed by atoms with van der Waals surface area (Å²) in [6, 6.07) is 15.4. The summed E-state index contributed by atoms with van der Waals surface area (Å²) in [5, 5.41) is 2.60. The van der Waals surface area contributed by atoms with E-state index in [2.05, 4.69) is 5.32 Å². The first-order valence-corrected chi connectivity index (χ1v) is 10.8. The van der Waals surface area contributed by atoms with Crippen LogP contribution in [0.25, 0.3) is 6.08 Å². The van der Waals surface area contributed by atoms with Crippen LogP contribution in [-0.4, -0.2) is 40.4 Å². The number of likely N-dealkylation sites (N-methyl/N-ethyl adjacent to an activating group) is 1. The molecule has 2 fully saturated rings. The van der Waals surface area contributed by atoms with Gasteiger partial charge in [0.05, 0.1) is 10.9 Å². The predicted octanol–water partition coefficient (Wildman–Crippen LogP) is 4.35. The number of thioether (sulfide) groups is 1. The third kappa shape index (κ3) is 4.66. The lowest BCUT2D eigenvalue weighted by Gasteiger charge is -2.19. The highest BCUT2D eigenvalue weighted by molar-refractivity contribution is 8.26. The monoisotopic (exact) mass is 440 g/mol. The van der Waals surface area contributed by atoms with Gasteiger partial charge >= 0.3 is 6.09 Å². The largest absolute Gasteiger partial charge is 0.457 e. The van der Waals surface area contributed by atoms with Gasteiger partial charge in [0.25, 0.3) is 5.91 Å². The number of hydrogen-bond donors (Lipinski definition) is 1. The van der Waals surface area contributed by atoms with Gasteiger partial charge < -0.3 is 19.7 Å². The Labute approximate surface area is 184 Å². The summed E-state index contributed by atoms with van der Waals surface area (Å²) in [6.07, 6.45) is 2.31. The maximum atomic E-state index is 11.7. The van der Waals surface area contributed by atoms with E-state index in [0.29, 0.717) is 28.1 Å². The second-order valence-electron chi connectivity index (χ2n) is 6.89. The summed E-state index contributed by atoms with van der Waals surface area (Å²) in [6.45, 7) is 3.03. The van der Waals surface area contributed by atoms with Crippen molar-refractivity contribution in [3.8, 4) is 11.5 Å². The van der Waals surface area contributed by atoms with Crippen molar-refractivity contribution in [3.63, 3.8) is 0 Å². The molecule has 2 amide bonds. The molecule has 2 heterocycles. The minimum absolute atomic E-state index is 0.0744. The number of nitrogens with one attached hydrogen (secondary N) is 1. The molecule has 154 valence electrons. The van der Waals surface area contributed by atoms with Gasteiger partial charge in [0.15, 0.2) is 0 Å². The third-order valence-corrected chi connectivity index (χ3v) is 6.03. The van der Waals surface area contributed by atoms with Gasteiger partial charge in [0, 0.05) is 6.54 Å².